The predicted molar refractivity (Wildman–Crippen MR) is 90.2 cm³/mol. The molecule has 0 spiro atoms. The summed E-state index contributed by atoms with van der Waals surface area (Å²) >= 11 is 2.66. The van der Waals surface area contributed by atoms with Gasteiger partial charge in [-0.1, -0.05) is 42.0 Å². The van der Waals surface area contributed by atoms with Crippen molar-refractivity contribution < 1.29 is 18.2 Å². The van der Waals surface area contributed by atoms with Crippen molar-refractivity contribution in [2.75, 3.05) is 11.9 Å². The number of hydrogen-bond donors (Lipinski definition) is 1. The monoisotopic (exact) mass is 377 g/mol. The van der Waals surface area contributed by atoms with E-state index in [4.69, 9.17) is 4.74 Å². The molecule has 0 aromatic heterocycles. The van der Waals surface area contributed by atoms with E-state index in [1.165, 1.54) is 0 Å². The van der Waals surface area contributed by atoms with Gasteiger partial charge in [-0.3, -0.25) is 4.79 Å². The van der Waals surface area contributed by atoms with Crippen molar-refractivity contribution in [3.8, 4) is 0 Å². The Hall–Kier alpha value is -2.18. The molecule has 0 bridgehead atoms. The third kappa shape index (κ3) is 5.19. The Bertz CT molecular complexity index is 688. The van der Waals surface area contributed by atoms with Crippen LogP contribution < -0.4 is 5.32 Å². The second-order valence-corrected chi connectivity index (χ2v) is 5.26. The van der Waals surface area contributed by atoms with Crippen molar-refractivity contribution in [2.45, 2.75) is 13.5 Å². The molecule has 0 atom stereocenters. The minimum atomic E-state index is -0.575. The van der Waals surface area contributed by atoms with Crippen molar-refractivity contribution in [1.29, 1.82) is 0 Å². The lowest BCUT2D eigenvalue weighted by Crippen LogP contribution is -2.20. The first-order chi connectivity index (χ1) is 11.1. The van der Waals surface area contributed by atoms with Crippen molar-refractivity contribution in [2.24, 2.45) is 0 Å². The third-order valence-electron chi connectivity index (χ3n) is 3.08. The Morgan fingerprint density at radius 3 is 2.57 bits per heavy atom. The molecule has 0 radical (unpaired) electrons. The van der Waals surface area contributed by atoms with E-state index in [0.717, 1.165) is 11.1 Å². The van der Waals surface area contributed by atoms with Crippen molar-refractivity contribution in [3.05, 3.63) is 65.2 Å². The highest BCUT2D eigenvalue weighted by molar-refractivity contribution is 9.06. The van der Waals surface area contributed by atoms with Crippen molar-refractivity contribution in [3.63, 3.8) is 0 Å². The molecule has 120 valence electrons. The van der Waals surface area contributed by atoms with Gasteiger partial charge in [0, 0.05) is 0 Å². The topological polar surface area (TPSA) is 64.6 Å². The summed E-state index contributed by atoms with van der Waals surface area (Å²) in [6.45, 7) is 2.09. The van der Waals surface area contributed by atoms with Crippen LogP contribution in [0.1, 0.15) is 21.5 Å². The van der Waals surface area contributed by atoms with E-state index in [9.17, 15) is 9.59 Å². The number of benzene rings is 2. The van der Waals surface area contributed by atoms with Crippen LogP contribution in [0.4, 0.5) is 5.69 Å². The molecule has 5 nitrogen and oxygen atoms in total. The molecule has 0 aliphatic heterocycles. The van der Waals surface area contributed by atoms with Gasteiger partial charge >= 0.3 is 5.97 Å². The van der Waals surface area contributed by atoms with Gasteiger partial charge in [0.15, 0.2) is 16.3 Å². The lowest BCUT2D eigenvalue weighted by molar-refractivity contribution is -0.121. The molecular weight excluding hydrogens is 362 g/mol. The summed E-state index contributed by atoms with van der Waals surface area (Å²) in [4.78, 5) is 23.7. The number of aryl methyl sites for hydroxylation is 1. The highest BCUT2D eigenvalue weighted by atomic mass is 79.9. The van der Waals surface area contributed by atoms with Crippen LogP contribution in [0.25, 0.3) is 0 Å². The molecule has 2 aromatic carbocycles. The molecule has 0 fully saturated rings. The van der Waals surface area contributed by atoms with Crippen LogP contribution >= 0.6 is 16.3 Å². The molecule has 2 aromatic rings. The van der Waals surface area contributed by atoms with E-state index in [1.54, 1.807) is 18.2 Å². The van der Waals surface area contributed by atoms with Gasteiger partial charge in [0.25, 0.3) is 0 Å². The number of rotatable bonds is 6. The fraction of sp³-hybridized carbons (Fsp3) is 0.176. The van der Waals surface area contributed by atoms with Crippen molar-refractivity contribution in [1.82, 2.24) is 0 Å². The lowest BCUT2D eigenvalue weighted by Gasteiger charge is -2.10. The third-order valence-corrected chi connectivity index (χ3v) is 3.38. The standard InChI is InChI=1S/C17H16BrNO4/c1-12-7-8-15(14(9-12)17(21)23-18)19-16(20)11-22-10-13-5-3-2-4-6-13/h2-9H,10-11H2,1H3,(H,19,20). The van der Waals surface area contributed by atoms with E-state index in [0.29, 0.717) is 12.3 Å². The summed E-state index contributed by atoms with van der Waals surface area (Å²) in [5.74, 6) is -0.914. The first-order valence-electron chi connectivity index (χ1n) is 6.95. The van der Waals surface area contributed by atoms with Crippen LogP contribution in [0.3, 0.4) is 0 Å². The zero-order valence-electron chi connectivity index (χ0n) is 12.5. The van der Waals surface area contributed by atoms with E-state index >= 15 is 0 Å². The summed E-state index contributed by atoms with van der Waals surface area (Å²) in [5, 5.41) is 2.65. The normalized spacial score (nSPS) is 10.2. The first kappa shape index (κ1) is 17.2. The van der Waals surface area contributed by atoms with E-state index in [-0.39, 0.29) is 18.1 Å². The highest BCUT2D eigenvalue weighted by Gasteiger charge is 2.15. The molecule has 2 rings (SSSR count). The summed E-state index contributed by atoms with van der Waals surface area (Å²) in [7, 11) is 0. The Kier molecular flexibility index (Phi) is 6.31. The summed E-state index contributed by atoms with van der Waals surface area (Å²) in [6, 6.07) is 14.7. The number of halogens is 1. The van der Waals surface area contributed by atoms with Crippen molar-refractivity contribution >= 4 is 33.8 Å². The van der Waals surface area contributed by atoms with Gasteiger partial charge in [-0.2, -0.15) is 0 Å². The molecular formula is C17H16BrNO4. The van der Waals surface area contributed by atoms with Crippen LogP contribution in [-0.2, 0) is 20.0 Å². The van der Waals surface area contributed by atoms with Crippen LogP contribution in [0.5, 0.6) is 0 Å². The SMILES string of the molecule is Cc1ccc(NC(=O)COCc2ccccc2)c(C(=O)OBr)c1. The van der Waals surface area contributed by atoms with Gasteiger partial charge in [-0.25, -0.2) is 4.79 Å². The average molecular weight is 378 g/mol. The predicted octanol–water partition coefficient (Wildman–Crippen LogP) is 3.62. The second kappa shape index (κ2) is 8.45. The number of hydrogen-bond acceptors (Lipinski definition) is 4. The molecule has 0 aliphatic carbocycles. The molecule has 0 saturated heterocycles. The zero-order valence-corrected chi connectivity index (χ0v) is 14.1. The van der Waals surface area contributed by atoms with E-state index in [2.05, 4.69) is 25.4 Å². The molecule has 1 amide bonds. The zero-order chi connectivity index (χ0) is 16.7. The van der Waals surface area contributed by atoms with Crippen LogP contribution in [0, 0.1) is 6.92 Å². The smallest absolute Gasteiger partial charge is 0.351 e. The Labute approximate surface area is 143 Å². The van der Waals surface area contributed by atoms with E-state index in [1.807, 2.05) is 37.3 Å². The molecule has 23 heavy (non-hydrogen) atoms. The number of nitrogens with one attached hydrogen (secondary N) is 1. The molecule has 0 heterocycles. The van der Waals surface area contributed by atoms with Gasteiger partial charge in [-0.15, -0.1) is 0 Å². The lowest BCUT2D eigenvalue weighted by atomic mass is 10.1. The Morgan fingerprint density at radius 2 is 1.87 bits per heavy atom. The van der Waals surface area contributed by atoms with Gasteiger partial charge in [0.2, 0.25) is 5.91 Å². The molecule has 0 unspecified atom stereocenters. The number of anilines is 1. The van der Waals surface area contributed by atoms with E-state index < -0.39 is 5.97 Å². The molecule has 1 N–H and O–H groups in total. The fourth-order valence-corrected chi connectivity index (χ4v) is 2.17. The number of carbonyl (C=O) groups excluding carboxylic acids is 2. The van der Waals surface area contributed by atoms with Crippen LogP contribution in [-0.4, -0.2) is 18.5 Å². The van der Waals surface area contributed by atoms with Gasteiger partial charge in [0.1, 0.15) is 6.61 Å². The van der Waals surface area contributed by atoms with Gasteiger partial charge in [0.05, 0.1) is 17.9 Å². The van der Waals surface area contributed by atoms with Gasteiger partial charge in [-0.05, 0) is 24.6 Å². The maximum Gasteiger partial charge on any atom is 0.351 e. The number of amides is 1. The summed E-state index contributed by atoms with van der Waals surface area (Å²) in [6.07, 6.45) is 0. The number of ether oxygens (including phenoxy) is 1. The highest BCUT2D eigenvalue weighted by Crippen LogP contribution is 2.19. The number of carbonyl (C=O) groups is 2. The van der Waals surface area contributed by atoms with Crippen LogP contribution in [0.15, 0.2) is 48.5 Å². The van der Waals surface area contributed by atoms with Crippen LogP contribution in [0.2, 0.25) is 0 Å². The minimum Gasteiger partial charge on any atom is -0.380 e. The van der Waals surface area contributed by atoms with Gasteiger partial charge < -0.3 is 13.9 Å². The average Bonchev–Trinajstić information content (AvgIpc) is 2.56. The molecule has 0 aliphatic rings. The summed E-state index contributed by atoms with van der Waals surface area (Å²) < 4.78 is 9.91. The molecule has 6 heteroatoms. The summed E-state index contributed by atoms with van der Waals surface area (Å²) in [5.41, 5.74) is 2.53. The molecule has 0 saturated carbocycles. The fourth-order valence-electron chi connectivity index (χ4n) is 2.00. The Balaban J connectivity index is 1.93. The largest absolute Gasteiger partial charge is 0.380 e. The first-order valence-corrected chi connectivity index (χ1v) is 7.60. The Morgan fingerprint density at radius 1 is 1.13 bits per heavy atom. The maximum absolute atomic E-state index is 12.0. The quantitative estimate of drug-likeness (QED) is 0.834. The minimum absolute atomic E-state index is 0.106. The maximum atomic E-state index is 12.0. The second-order valence-electron chi connectivity index (χ2n) is 4.94.